The fourth-order valence-corrected chi connectivity index (χ4v) is 3.31. The summed E-state index contributed by atoms with van der Waals surface area (Å²) in [4.78, 5) is 24.5. The number of ether oxygens (including phenoxy) is 4. The third-order valence-electron chi connectivity index (χ3n) is 5.14. The van der Waals surface area contributed by atoms with Crippen LogP contribution in [-0.4, -0.2) is 20.2 Å². The summed E-state index contributed by atoms with van der Waals surface area (Å²) >= 11 is 0. The normalized spacial score (nSPS) is 11.2. The van der Waals surface area contributed by atoms with Gasteiger partial charge in [-0.3, -0.25) is 4.79 Å². The van der Waals surface area contributed by atoms with E-state index in [1.165, 1.54) is 49.6 Å². The number of carbonyl (C=O) groups is 1. The van der Waals surface area contributed by atoms with Crippen molar-refractivity contribution in [2.45, 2.75) is 12.8 Å². The molecule has 0 aliphatic heterocycles. The largest absolute Gasteiger partial charge is 0.497 e. The molecule has 36 heavy (non-hydrogen) atoms. The van der Waals surface area contributed by atoms with E-state index in [-0.39, 0.29) is 34.6 Å². The molecule has 1 heterocycles. The molecule has 10 heteroatoms. The summed E-state index contributed by atoms with van der Waals surface area (Å²) in [5.41, 5.74) is -0.362. The number of rotatable bonds is 7. The van der Waals surface area contributed by atoms with Gasteiger partial charge in [-0.2, -0.15) is 13.2 Å². The lowest BCUT2D eigenvalue weighted by Gasteiger charge is -2.14. The average Bonchev–Trinajstić information content (AvgIpc) is 2.88. The van der Waals surface area contributed by atoms with Gasteiger partial charge in [-0.05, 0) is 54.1 Å². The number of methoxy groups -OCH3 is 2. The van der Waals surface area contributed by atoms with Crippen molar-refractivity contribution >= 4 is 16.9 Å². The van der Waals surface area contributed by atoms with Crippen LogP contribution in [0.25, 0.3) is 11.0 Å². The molecule has 0 saturated carbocycles. The predicted octanol–water partition coefficient (Wildman–Crippen LogP) is 5.98. The lowest BCUT2D eigenvalue weighted by Crippen LogP contribution is -2.15. The summed E-state index contributed by atoms with van der Waals surface area (Å²) in [6.45, 7) is 0.134. The summed E-state index contributed by atoms with van der Waals surface area (Å²) in [5.74, 6) is -2.46. The Labute approximate surface area is 202 Å². The topological polar surface area (TPSA) is 84.2 Å². The number of alkyl halides is 3. The number of benzene rings is 3. The second-order valence-corrected chi connectivity index (χ2v) is 7.50. The second kappa shape index (κ2) is 10.0. The van der Waals surface area contributed by atoms with E-state index in [1.54, 1.807) is 31.4 Å². The minimum atomic E-state index is -5.02. The van der Waals surface area contributed by atoms with E-state index in [9.17, 15) is 22.8 Å². The van der Waals surface area contributed by atoms with E-state index in [1.807, 2.05) is 0 Å². The molecule has 0 N–H and O–H groups in total. The van der Waals surface area contributed by atoms with Crippen molar-refractivity contribution in [1.82, 2.24) is 0 Å². The molecule has 7 nitrogen and oxygen atoms in total. The molecule has 4 aromatic rings. The molecule has 186 valence electrons. The van der Waals surface area contributed by atoms with Crippen LogP contribution in [0, 0.1) is 0 Å². The molecule has 0 aliphatic carbocycles. The van der Waals surface area contributed by atoms with Crippen LogP contribution in [0.4, 0.5) is 13.2 Å². The maximum atomic E-state index is 13.8. The number of fused-ring (bicyclic) bond motifs is 1. The first-order valence-corrected chi connectivity index (χ1v) is 10.5. The van der Waals surface area contributed by atoms with Crippen LogP contribution in [0.3, 0.4) is 0 Å². The number of esters is 1. The molecule has 0 unspecified atom stereocenters. The summed E-state index contributed by atoms with van der Waals surface area (Å²) < 4.78 is 67.1. The van der Waals surface area contributed by atoms with E-state index >= 15 is 0 Å². The molecule has 0 bridgehead atoms. The highest BCUT2D eigenvalue weighted by molar-refractivity contribution is 5.89. The number of hydrogen-bond donors (Lipinski definition) is 0. The van der Waals surface area contributed by atoms with Crippen LogP contribution >= 0.6 is 0 Å². The van der Waals surface area contributed by atoms with Gasteiger partial charge in [0.25, 0.3) is 5.76 Å². The lowest BCUT2D eigenvalue weighted by molar-refractivity contribution is -0.154. The van der Waals surface area contributed by atoms with Gasteiger partial charge in [-0.15, -0.1) is 0 Å². The molecule has 0 radical (unpaired) electrons. The summed E-state index contributed by atoms with van der Waals surface area (Å²) in [6.07, 6.45) is -5.02. The van der Waals surface area contributed by atoms with Crippen LogP contribution in [-0.2, 0) is 17.5 Å². The van der Waals surface area contributed by atoms with Crippen molar-refractivity contribution in [2.75, 3.05) is 14.2 Å². The summed E-state index contributed by atoms with van der Waals surface area (Å²) in [7, 11) is 2.74. The Morgan fingerprint density at radius 1 is 0.889 bits per heavy atom. The molecule has 0 amide bonds. The van der Waals surface area contributed by atoms with Crippen molar-refractivity contribution in [3.05, 3.63) is 93.8 Å². The molecule has 4 rings (SSSR count). The molecular weight excluding hydrogens is 481 g/mol. The zero-order chi connectivity index (χ0) is 25.9. The van der Waals surface area contributed by atoms with E-state index in [0.717, 1.165) is 5.56 Å². The van der Waals surface area contributed by atoms with E-state index in [2.05, 4.69) is 4.74 Å². The van der Waals surface area contributed by atoms with E-state index in [4.69, 9.17) is 18.6 Å². The van der Waals surface area contributed by atoms with Gasteiger partial charge in [0.1, 0.15) is 29.4 Å². The molecule has 0 saturated heterocycles. The second-order valence-electron chi connectivity index (χ2n) is 7.50. The Balaban J connectivity index is 1.65. The van der Waals surface area contributed by atoms with Gasteiger partial charge >= 0.3 is 12.1 Å². The minimum absolute atomic E-state index is 0.0979. The first-order valence-electron chi connectivity index (χ1n) is 10.5. The quantitative estimate of drug-likeness (QED) is 0.289. The van der Waals surface area contributed by atoms with Crippen molar-refractivity contribution in [2.24, 2.45) is 0 Å². The van der Waals surface area contributed by atoms with Gasteiger partial charge in [0.2, 0.25) is 11.2 Å². The highest BCUT2D eigenvalue weighted by atomic mass is 19.4. The highest BCUT2D eigenvalue weighted by Crippen LogP contribution is 2.38. The van der Waals surface area contributed by atoms with Crippen LogP contribution in [0.1, 0.15) is 21.7 Å². The van der Waals surface area contributed by atoms with Crippen LogP contribution in [0.15, 0.2) is 75.9 Å². The standard InChI is InChI=1S/C26H19F3O7/c1-32-17-7-3-15(4-8-17)14-34-19-11-12-20-21(13-19)36-24(26(27,28)29)23(22(20)30)35-18-9-5-16(6-10-18)25(31)33-2/h3-13H,14H2,1-2H3. The van der Waals surface area contributed by atoms with Gasteiger partial charge in [0, 0.05) is 6.07 Å². The first kappa shape index (κ1) is 24.6. The number of halogens is 3. The Morgan fingerprint density at radius 3 is 2.14 bits per heavy atom. The van der Waals surface area contributed by atoms with E-state index < -0.39 is 29.1 Å². The summed E-state index contributed by atoms with van der Waals surface area (Å²) in [5, 5.41) is -0.124. The molecule has 0 atom stereocenters. The molecule has 1 aromatic heterocycles. The SMILES string of the molecule is COC(=O)c1ccc(Oc2c(C(F)(F)F)oc3cc(OCc4ccc(OC)cc4)ccc3c2=O)cc1. The van der Waals surface area contributed by atoms with Crippen molar-refractivity contribution < 1.29 is 41.3 Å². The van der Waals surface area contributed by atoms with Gasteiger partial charge in [-0.25, -0.2) is 4.79 Å². The smallest absolute Gasteiger partial charge is 0.453 e. The summed E-state index contributed by atoms with van der Waals surface area (Å²) in [6, 6.07) is 16.1. The van der Waals surface area contributed by atoms with Crippen LogP contribution in [0.5, 0.6) is 23.0 Å². The third kappa shape index (κ3) is 5.27. The number of hydrogen-bond acceptors (Lipinski definition) is 7. The third-order valence-corrected chi connectivity index (χ3v) is 5.14. The zero-order valence-corrected chi connectivity index (χ0v) is 19.0. The maximum absolute atomic E-state index is 13.8. The lowest BCUT2D eigenvalue weighted by atomic mass is 10.2. The van der Waals surface area contributed by atoms with Gasteiger partial charge < -0.3 is 23.4 Å². The van der Waals surface area contributed by atoms with Crippen molar-refractivity contribution in [3.8, 4) is 23.0 Å². The fourth-order valence-electron chi connectivity index (χ4n) is 3.31. The van der Waals surface area contributed by atoms with Gasteiger partial charge in [0.05, 0.1) is 25.2 Å². The van der Waals surface area contributed by atoms with Crippen molar-refractivity contribution in [1.29, 1.82) is 0 Å². The fraction of sp³-hybridized carbons (Fsp3) is 0.154. The molecule has 3 aromatic carbocycles. The van der Waals surface area contributed by atoms with Gasteiger partial charge in [0.15, 0.2) is 0 Å². The van der Waals surface area contributed by atoms with Crippen LogP contribution in [0.2, 0.25) is 0 Å². The highest BCUT2D eigenvalue weighted by Gasteiger charge is 2.40. The number of carbonyl (C=O) groups excluding carboxylic acids is 1. The first-order chi connectivity index (χ1) is 17.2. The zero-order valence-electron chi connectivity index (χ0n) is 19.0. The van der Waals surface area contributed by atoms with E-state index in [0.29, 0.717) is 5.75 Å². The monoisotopic (exact) mass is 500 g/mol. The maximum Gasteiger partial charge on any atom is 0.453 e. The minimum Gasteiger partial charge on any atom is -0.497 e. The van der Waals surface area contributed by atoms with Crippen molar-refractivity contribution in [3.63, 3.8) is 0 Å². The average molecular weight is 500 g/mol. The molecule has 0 spiro atoms. The predicted molar refractivity (Wildman–Crippen MR) is 123 cm³/mol. The van der Waals surface area contributed by atoms with Crippen LogP contribution < -0.4 is 19.6 Å². The Kier molecular flexibility index (Phi) is 6.86. The molecule has 0 aliphatic rings. The molecule has 0 fully saturated rings. The molecular formula is C26H19F3O7. The van der Waals surface area contributed by atoms with Gasteiger partial charge in [-0.1, -0.05) is 12.1 Å². The Hall–Kier alpha value is -4.47. The Morgan fingerprint density at radius 2 is 1.53 bits per heavy atom. The Bertz CT molecular complexity index is 1440.